The summed E-state index contributed by atoms with van der Waals surface area (Å²) in [6.07, 6.45) is 6.62. The highest BCUT2D eigenvalue weighted by molar-refractivity contribution is 5.75. The molecule has 1 aliphatic heterocycles. The monoisotopic (exact) mass is 211 g/mol. The van der Waals surface area contributed by atoms with E-state index in [2.05, 4.69) is 4.90 Å². The Balaban J connectivity index is 2.04. The molecule has 2 fully saturated rings. The summed E-state index contributed by atoms with van der Waals surface area (Å²) in [6, 6.07) is 0. The van der Waals surface area contributed by atoms with Crippen molar-refractivity contribution in [3.63, 3.8) is 0 Å². The molecular formula is C12H21NO2. The van der Waals surface area contributed by atoms with Crippen LogP contribution < -0.4 is 0 Å². The molecule has 0 radical (unpaired) electrons. The fourth-order valence-electron chi connectivity index (χ4n) is 3.04. The molecule has 86 valence electrons. The van der Waals surface area contributed by atoms with E-state index < -0.39 is 11.4 Å². The Morgan fingerprint density at radius 3 is 2.67 bits per heavy atom. The van der Waals surface area contributed by atoms with Crippen molar-refractivity contribution in [1.82, 2.24) is 4.90 Å². The Kier molecular flexibility index (Phi) is 3.01. The lowest BCUT2D eigenvalue weighted by Crippen LogP contribution is -2.47. The van der Waals surface area contributed by atoms with Crippen molar-refractivity contribution in [2.75, 3.05) is 20.1 Å². The predicted octanol–water partition coefficient (Wildman–Crippen LogP) is 1.97. The Morgan fingerprint density at radius 2 is 2.20 bits per heavy atom. The molecule has 1 unspecified atom stereocenters. The SMILES string of the molecule is CN1CCCC(CC2CCC2)(C(=O)O)C1. The molecule has 1 N–H and O–H groups in total. The number of aliphatic carboxylic acids is 1. The Hall–Kier alpha value is -0.570. The Bertz CT molecular complexity index is 250. The van der Waals surface area contributed by atoms with E-state index in [0.29, 0.717) is 5.92 Å². The highest BCUT2D eigenvalue weighted by atomic mass is 16.4. The molecule has 1 aliphatic carbocycles. The summed E-state index contributed by atoms with van der Waals surface area (Å²) in [5, 5.41) is 9.45. The van der Waals surface area contributed by atoms with E-state index in [1.807, 2.05) is 7.05 Å². The molecule has 1 saturated heterocycles. The van der Waals surface area contributed by atoms with Gasteiger partial charge in [-0.15, -0.1) is 0 Å². The predicted molar refractivity (Wildman–Crippen MR) is 58.8 cm³/mol. The molecule has 1 saturated carbocycles. The van der Waals surface area contributed by atoms with Gasteiger partial charge in [-0.1, -0.05) is 19.3 Å². The summed E-state index contributed by atoms with van der Waals surface area (Å²) >= 11 is 0. The number of piperidine rings is 1. The third kappa shape index (κ3) is 2.17. The first-order valence-corrected chi connectivity index (χ1v) is 6.04. The summed E-state index contributed by atoms with van der Waals surface area (Å²) in [5.74, 6) is 0.119. The lowest BCUT2D eigenvalue weighted by molar-refractivity contribution is -0.154. The van der Waals surface area contributed by atoms with Crippen LogP contribution in [-0.2, 0) is 4.79 Å². The first-order chi connectivity index (χ1) is 7.12. The number of nitrogens with zero attached hydrogens (tertiary/aromatic N) is 1. The maximum absolute atomic E-state index is 11.5. The molecule has 0 spiro atoms. The third-order valence-electron chi connectivity index (χ3n) is 4.13. The van der Waals surface area contributed by atoms with Crippen LogP contribution in [0, 0.1) is 11.3 Å². The van der Waals surface area contributed by atoms with Gasteiger partial charge in [-0.25, -0.2) is 0 Å². The molecule has 1 atom stereocenters. The second-order valence-corrected chi connectivity index (χ2v) is 5.43. The van der Waals surface area contributed by atoms with E-state index in [4.69, 9.17) is 0 Å². The van der Waals surface area contributed by atoms with E-state index in [-0.39, 0.29) is 0 Å². The van der Waals surface area contributed by atoms with Crippen LogP contribution in [0.25, 0.3) is 0 Å². The summed E-state index contributed by atoms with van der Waals surface area (Å²) in [5.41, 5.74) is -0.432. The van der Waals surface area contributed by atoms with Gasteiger partial charge in [0.05, 0.1) is 5.41 Å². The van der Waals surface area contributed by atoms with Crippen molar-refractivity contribution >= 4 is 5.97 Å². The molecule has 0 amide bonds. The average molecular weight is 211 g/mol. The zero-order chi connectivity index (χ0) is 10.9. The molecule has 3 nitrogen and oxygen atoms in total. The zero-order valence-electron chi connectivity index (χ0n) is 9.54. The Labute approximate surface area is 91.5 Å². The minimum atomic E-state index is -0.569. The van der Waals surface area contributed by atoms with Gasteiger partial charge in [0.25, 0.3) is 0 Å². The number of carboxylic acids is 1. The lowest BCUT2D eigenvalue weighted by atomic mass is 9.68. The van der Waals surface area contributed by atoms with Crippen molar-refractivity contribution in [1.29, 1.82) is 0 Å². The van der Waals surface area contributed by atoms with E-state index in [1.165, 1.54) is 19.3 Å². The van der Waals surface area contributed by atoms with Gasteiger partial charge < -0.3 is 10.0 Å². The second-order valence-electron chi connectivity index (χ2n) is 5.43. The van der Waals surface area contributed by atoms with Gasteiger partial charge in [0.1, 0.15) is 0 Å². The molecule has 0 aromatic heterocycles. The highest BCUT2D eigenvalue weighted by Crippen LogP contribution is 2.42. The summed E-state index contributed by atoms with van der Waals surface area (Å²) in [7, 11) is 2.04. The number of hydrogen-bond donors (Lipinski definition) is 1. The smallest absolute Gasteiger partial charge is 0.310 e. The van der Waals surface area contributed by atoms with E-state index >= 15 is 0 Å². The van der Waals surface area contributed by atoms with Gasteiger partial charge in [0.15, 0.2) is 0 Å². The van der Waals surface area contributed by atoms with Crippen LogP contribution in [-0.4, -0.2) is 36.1 Å². The molecule has 2 aliphatic rings. The molecule has 0 aromatic carbocycles. The minimum absolute atomic E-state index is 0.432. The van der Waals surface area contributed by atoms with Crippen LogP contribution in [0.5, 0.6) is 0 Å². The van der Waals surface area contributed by atoms with Gasteiger partial charge >= 0.3 is 5.97 Å². The second kappa shape index (κ2) is 4.12. The fourth-order valence-corrected chi connectivity index (χ4v) is 3.04. The number of likely N-dealkylation sites (tertiary alicyclic amines) is 1. The fraction of sp³-hybridized carbons (Fsp3) is 0.917. The number of carboxylic acid groups (broad SMARTS) is 1. The van der Waals surface area contributed by atoms with Crippen molar-refractivity contribution in [2.24, 2.45) is 11.3 Å². The lowest BCUT2D eigenvalue weighted by Gasteiger charge is -2.42. The molecule has 1 heterocycles. The first kappa shape index (κ1) is 10.9. The van der Waals surface area contributed by atoms with Crippen molar-refractivity contribution in [2.45, 2.75) is 38.5 Å². The largest absolute Gasteiger partial charge is 0.481 e. The molecular weight excluding hydrogens is 190 g/mol. The molecule has 0 aromatic rings. The number of rotatable bonds is 3. The van der Waals surface area contributed by atoms with Crippen LogP contribution in [0.15, 0.2) is 0 Å². The quantitative estimate of drug-likeness (QED) is 0.776. The molecule has 15 heavy (non-hydrogen) atoms. The number of carbonyl (C=O) groups is 1. The highest BCUT2D eigenvalue weighted by Gasteiger charge is 2.43. The Morgan fingerprint density at radius 1 is 1.47 bits per heavy atom. The van der Waals surface area contributed by atoms with Gasteiger partial charge in [0.2, 0.25) is 0 Å². The summed E-state index contributed by atoms with van der Waals surface area (Å²) in [6.45, 7) is 1.80. The van der Waals surface area contributed by atoms with Crippen LogP contribution in [0.4, 0.5) is 0 Å². The minimum Gasteiger partial charge on any atom is -0.481 e. The van der Waals surface area contributed by atoms with Crippen LogP contribution in [0.2, 0.25) is 0 Å². The standard InChI is InChI=1S/C12H21NO2/c1-13-7-3-6-12(9-13,11(14)15)8-10-4-2-5-10/h10H,2-9H2,1H3,(H,14,15). The number of hydrogen-bond acceptors (Lipinski definition) is 2. The van der Waals surface area contributed by atoms with Gasteiger partial charge in [-0.05, 0) is 38.8 Å². The van der Waals surface area contributed by atoms with Gasteiger partial charge in [-0.3, -0.25) is 4.79 Å². The molecule has 0 bridgehead atoms. The van der Waals surface area contributed by atoms with E-state index in [1.54, 1.807) is 0 Å². The molecule has 2 rings (SSSR count). The maximum atomic E-state index is 11.5. The third-order valence-corrected chi connectivity index (χ3v) is 4.13. The van der Waals surface area contributed by atoms with E-state index in [0.717, 1.165) is 32.4 Å². The van der Waals surface area contributed by atoms with Crippen LogP contribution in [0.3, 0.4) is 0 Å². The van der Waals surface area contributed by atoms with Crippen LogP contribution in [0.1, 0.15) is 38.5 Å². The van der Waals surface area contributed by atoms with Crippen LogP contribution >= 0.6 is 0 Å². The average Bonchev–Trinajstić information content (AvgIpc) is 2.11. The van der Waals surface area contributed by atoms with Gasteiger partial charge in [-0.2, -0.15) is 0 Å². The van der Waals surface area contributed by atoms with E-state index in [9.17, 15) is 9.90 Å². The zero-order valence-corrected chi connectivity index (χ0v) is 9.54. The normalized spacial score (nSPS) is 33.7. The van der Waals surface area contributed by atoms with Gasteiger partial charge in [0, 0.05) is 6.54 Å². The maximum Gasteiger partial charge on any atom is 0.310 e. The summed E-state index contributed by atoms with van der Waals surface area (Å²) < 4.78 is 0. The van der Waals surface area contributed by atoms with Crippen molar-refractivity contribution in [3.05, 3.63) is 0 Å². The summed E-state index contributed by atoms with van der Waals surface area (Å²) in [4.78, 5) is 13.6. The topological polar surface area (TPSA) is 40.5 Å². The van der Waals surface area contributed by atoms with Crippen molar-refractivity contribution < 1.29 is 9.90 Å². The first-order valence-electron chi connectivity index (χ1n) is 6.04. The molecule has 3 heteroatoms. The van der Waals surface area contributed by atoms with Crippen molar-refractivity contribution in [3.8, 4) is 0 Å².